The maximum absolute atomic E-state index is 9.39. The van der Waals surface area contributed by atoms with E-state index in [4.69, 9.17) is 4.74 Å². The summed E-state index contributed by atoms with van der Waals surface area (Å²) >= 11 is 0. The van der Waals surface area contributed by atoms with Gasteiger partial charge in [-0.05, 0) is 48.4 Å². The summed E-state index contributed by atoms with van der Waals surface area (Å²) in [4.78, 5) is 0. The summed E-state index contributed by atoms with van der Waals surface area (Å²) in [5.74, 6) is 0.688. The molecule has 2 rings (SSSR count). The lowest BCUT2D eigenvalue weighted by Crippen LogP contribution is -2.16. The van der Waals surface area contributed by atoms with Crippen molar-refractivity contribution in [2.45, 2.75) is 13.0 Å². The van der Waals surface area contributed by atoms with Gasteiger partial charge >= 0.3 is 0 Å². The van der Waals surface area contributed by atoms with Crippen LogP contribution >= 0.6 is 0 Å². The summed E-state index contributed by atoms with van der Waals surface area (Å²) in [5, 5.41) is 21.9. The van der Waals surface area contributed by atoms with E-state index in [0.717, 1.165) is 24.3 Å². The molecule has 3 N–H and O–H groups in total. The van der Waals surface area contributed by atoms with Gasteiger partial charge in [-0.2, -0.15) is 0 Å². The molecular weight excluding hydrogens is 254 g/mol. The third kappa shape index (κ3) is 3.90. The molecule has 0 aliphatic heterocycles. The Bertz CT molecular complexity index is 552. The van der Waals surface area contributed by atoms with Crippen molar-refractivity contribution in [2.75, 3.05) is 13.7 Å². The first-order valence-corrected chi connectivity index (χ1v) is 6.53. The number of nitrogens with one attached hydrogen (secondary N) is 1. The largest absolute Gasteiger partial charge is 0.504 e. The normalized spacial score (nSPS) is 10.4. The molecule has 0 aliphatic rings. The molecule has 4 nitrogen and oxygen atoms in total. The Morgan fingerprint density at radius 3 is 2.30 bits per heavy atom. The molecule has 0 saturated heterocycles. The summed E-state index contributed by atoms with van der Waals surface area (Å²) in [6, 6.07) is 12.8. The molecule has 2 aromatic carbocycles. The van der Waals surface area contributed by atoms with Crippen molar-refractivity contribution in [3.8, 4) is 17.2 Å². The van der Waals surface area contributed by atoms with Gasteiger partial charge in [0, 0.05) is 6.54 Å². The van der Waals surface area contributed by atoms with Crippen molar-refractivity contribution >= 4 is 0 Å². The Morgan fingerprint density at radius 1 is 0.950 bits per heavy atom. The highest BCUT2D eigenvalue weighted by molar-refractivity contribution is 5.40. The van der Waals surface area contributed by atoms with E-state index < -0.39 is 0 Å². The van der Waals surface area contributed by atoms with Gasteiger partial charge in [-0.3, -0.25) is 0 Å². The molecule has 0 saturated carbocycles. The number of hydrogen-bond donors (Lipinski definition) is 3. The number of ether oxygens (including phenoxy) is 1. The van der Waals surface area contributed by atoms with E-state index in [9.17, 15) is 10.2 Å². The van der Waals surface area contributed by atoms with Gasteiger partial charge in [0.05, 0.1) is 7.11 Å². The Kier molecular flexibility index (Phi) is 4.85. The van der Waals surface area contributed by atoms with Crippen LogP contribution in [0.3, 0.4) is 0 Å². The molecule has 0 spiro atoms. The zero-order chi connectivity index (χ0) is 14.4. The van der Waals surface area contributed by atoms with E-state index in [-0.39, 0.29) is 11.5 Å². The van der Waals surface area contributed by atoms with Crippen molar-refractivity contribution in [3.63, 3.8) is 0 Å². The van der Waals surface area contributed by atoms with E-state index in [1.54, 1.807) is 19.2 Å². The number of phenols is 2. The zero-order valence-electron chi connectivity index (χ0n) is 11.5. The van der Waals surface area contributed by atoms with Gasteiger partial charge in [0.15, 0.2) is 11.5 Å². The fraction of sp³-hybridized carbons (Fsp3) is 0.250. The molecular formula is C16H19NO3. The fourth-order valence-corrected chi connectivity index (χ4v) is 1.94. The first-order chi connectivity index (χ1) is 9.69. The second-order valence-corrected chi connectivity index (χ2v) is 4.60. The Morgan fingerprint density at radius 2 is 1.65 bits per heavy atom. The zero-order valence-corrected chi connectivity index (χ0v) is 11.5. The first-order valence-electron chi connectivity index (χ1n) is 6.53. The summed E-state index contributed by atoms with van der Waals surface area (Å²) in [5.41, 5.74) is 2.18. The molecule has 106 valence electrons. The van der Waals surface area contributed by atoms with Crippen molar-refractivity contribution < 1.29 is 14.9 Å². The van der Waals surface area contributed by atoms with E-state index in [0.29, 0.717) is 6.54 Å². The minimum atomic E-state index is -0.0908. The Balaban J connectivity index is 1.76. The van der Waals surface area contributed by atoms with Gasteiger partial charge in [0.25, 0.3) is 0 Å². The van der Waals surface area contributed by atoms with Crippen LogP contribution in [0.1, 0.15) is 11.1 Å². The minimum absolute atomic E-state index is 0.0838. The summed E-state index contributed by atoms with van der Waals surface area (Å²) in [6.45, 7) is 1.50. The molecule has 4 heteroatoms. The molecule has 0 heterocycles. The van der Waals surface area contributed by atoms with Crippen molar-refractivity contribution in [1.82, 2.24) is 5.32 Å². The molecule has 0 bridgehead atoms. The number of methoxy groups -OCH3 is 1. The topological polar surface area (TPSA) is 61.7 Å². The molecule has 0 aromatic heterocycles. The van der Waals surface area contributed by atoms with Crippen LogP contribution in [0.2, 0.25) is 0 Å². The predicted octanol–water partition coefficient (Wildman–Crippen LogP) is 2.44. The number of phenolic OH excluding ortho intramolecular Hbond substituents is 2. The lowest BCUT2D eigenvalue weighted by Gasteiger charge is -2.07. The quantitative estimate of drug-likeness (QED) is 0.559. The number of aromatic hydroxyl groups is 2. The molecule has 0 radical (unpaired) electrons. The lowest BCUT2D eigenvalue weighted by molar-refractivity contribution is 0.403. The smallest absolute Gasteiger partial charge is 0.157 e. The summed E-state index contributed by atoms with van der Waals surface area (Å²) in [6.07, 6.45) is 0.925. The maximum Gasteiger partial charge on any atom is 0.157 e. The second kappa shape index (κ2) is 6.82. The van der Waals surface area contributed by atoms with E-state index >= 15 is 0 Å². The molecule has 0 amide bonds. The van der Waals surface area contributed by atoms with E-state index in [2.05, 4.69) is 5.32 Å². The van der Waals surface area contributed by atoms with Crippen LogP contribution in [0.15, 0.2) is 42.5 Å². The van der Waals surface area contributed by atoms with Gasteiger partial charge in [-0.1, -0.05) is 18.2 Å². The molecule has 0 unspecified atom stereocenters. The Hall–Kier alpha value is -2.20. The standard InChI is InChI=1S/C16H19NO3/c1-20-14-5-2-12(3-6-14)8-9-17-11-13-4-7-15(18)16(19)10-13/h2-7,10,17-19H,8-9,11H2,1H3. The van der Waals surface area contributed by atoms with E-state index in [1.807, 2.05) is 24.3 Å². The highest BCUT2D eigenvalue weighted by atomic mass is 16.5. The molecule has 0 aliphatic carbocycles. The molecule has 0 atom stereocenters. The third-order valence-electron chi connectivity index (χ3n) is 3.12. The predicted molar refractivity (Wildman–Crippen MR) is 78.2 cm³/mol. The van der Waals surface area contributed by atoms with Gasteiger partial charge in [-0.15, -0.1) is 0 Å². The SMILES string of the molecule is COc1ccc(CCNCc2ccc(O)c(O)c2)cc1. The minimum Gasteiger partial charge on any atom is -0.504 e. The maximum atomic E-state index is 9.39. The first kappa shape index (κ1) is 14.2. The third-order valence-corrected chi connectivity index (χ3v) is 3.12. The van der Waals surface area contributed by atoms with Crippen LogP contribution in [0.5, 0.6) is 17.2 Å². The van der Waals surface area contributed by atoms with Gasteiger partial charge < -0.3 is 20.3 Å². The second-order valence-electron chi connectivity index (χ2n) is 4.60. The van der Waals surface area contributed by atoms with Gasteiger partial charge in [-0.25, -0.2) is 0 Å². The van der Waals surface area contributed by atoms with Gasteiger partial charge in [0.1, 0.15) is 5.75 Å². The van der Waals surface area contributed by atoms with Crippen LogP contribution in [-0.2, 0) is 13.0 Å². The summed E-state index contributed by atoms with van der Waals surface area (Å²) < 4.78 is 5.11. The van der Waals surface area contributed by atoms with Crippen LogP contribution < -0.4 is 10.1 Å². The number of rotatable bonds is 6. The van der Waals surface area contributed by atoms with Crippen LogP contribution in [-0.4, -0.2) is 23.9 Å². The molecule has 0 fully saturated rings. The lowest BCUT2D eigenvalue weighted by atomic mass is 10.1. The summed E-state index contributed by atoms with van der Waals surface area (Å²) in [7, 11) is 1.66. The van der Waals surface area contributed by atoms with Crippen LogP contribution in [0, 0.1) is 0 Å². The number of hydrogen-bond acceptors (Lipinski definition) is 4. The average molecular weight is 273 g/mol. The molecule has 20 heavy (non-hydrogen) atoms. The molecule has 2 aromatic rings. The average Bonchev–Trinajstić information content (AvgIpc) is 2.48. The fourth-order valence-electron chi connectivity index (χ4n) is 1.94. The monoisotopic (exact) mass is 273 g/mol. The Labute approximate surface area is 118 Å². The van der Waals surface area contributed by atoms with Crippen LogP contribution in [0.25, 0.3) is 0 Å². The van der Waals surface area contributed by atoms with Crippen molar-refractivity contribution in [2.24, 2.45) is 0 Å². The van der Waals surface area contributed by atoms with E-state index in [1.165, 1.54) is 11.6 Å². The highest BCUT2D eigenvalue weighted by Gasteiger charge is 2.00. The van der Waals surface area contributed by atoms with Crippen LogP contribution in [0.4, 0.5) is 0 Å². The number of benzene rings is 2. The van der Waals surface area contributed by atoms with Gasteiger partial charge in [0.2, 0.25) is 0 Å². The highest BCUT2D eigenvalue weighted by Crippen LogP contribution is 2.24. The van der Waals surface area contributed by atoms with Crippen molar-refractivity contribution in [3.05, 3.63) is 53.6 Å². The van der Waals surface area contributed by atoms with Crippen molar-refractivity contribution in [1.29, 1.82) is 0 Å².